The van der Waals surface area contributed by atoms with Crippen LogP contribution in [0.2, 0.25) is 0 Å². The third kappa shape index (κ3) is 9.19. The predicted octanol–water partition coefficient (Wildman–Crippen LogP) is 16.1. The van der Waals surface area contributed by atoms with Crippen molar-refractivity contribution in [2.75, 3.05) is 9.80 Å². The van der Waals surface area contributed by atoms with Gasteiger partial charge in [0.1, 0.15) is 5.82 Å². The first kappa shape index (κ1) is 48.6. The van der Waals surface area contributed by atoms with E-state index >= 15 is 0 Å². The van der Waals surface area contributed by atoms with Crippen molar-refractivity contribution < 1.29 is 25.8 Å². The third-order valence-electron chi connectivity index (χ3n) is 13.7. The molecule has 6 heteroatoms. The van der Waals surface area contributed by atoms with Gasteiger partial charge in [-0.2, -0.15) is 6.07 Å². The Morgan fingerprint density at radius 3 is 1.72 bits per heavy atom. The number of benzene rings is 6. The van der Waals surface area contributed by atoms with E-state index in [0.29, 0.717) is 11.5 Å². The summed E-state index contributed by atoms with van der Waals surface area (Å²) in [5.74, 6) is 2.10. The minimum atomic E-state index is -0.252. The Balaban J connectivity index is 0.00000625. The van der Waals surface area contributed by atoms with Crippen LogP contribution in [0.5, 0.6) is 11.5 Å². The number of fused-ring (bicyclic) bond motifs is 3. The van der Waals surface area contributed by atoms with Crippen LogP contribution in [0.1, 0.15) is 123 Å². The number of aromatic nitrogens is 2. The second-order valence-electron chi connectivity index (χ2n) is 22.4. The molecule has 0 aliphatic carbocycles. The van der Waals surface area contributed by atoms with Gasteiger partial charge in [-0.3, -0.25) is 0 Å². The second-order valence-corrected chi connectivity index (χ2v) is 22.4. The zero-order valence-electron chi connectivity index (χ0n) is 42.0. The van der Waals surface area contributed by atoms with E-state index in [1.807, 2.05) is 18.3 Å². The minimum Gasteiger partial charge on any atom is -0.509 e. The number of allylic oxidation sites excluding steroid dienone is 1. The van der Waals surface area contributed by atoms with E-state index in [1.54, 1.807) is 0 Å². The van der Waals surface area contributed by atoms with Crippen molar-refractivity contribution in [3.63, 3.8) is 0 Å². The van der Waals surface area contributed by atoms with Gasteiger partial charge < -0.3 is 19.1 Å². The molecule has 0 amide bonds. The van der Waals surface area contributed by atoms with Crippen LogP contribution >= 0.6 is 0 Å². The monoisotopic (exact) mass is 1080 g/mol. The van der Waals surface area contributed by atoms with Crippen molar-refractivity contribution in [2.45, 2.75) is 112 Å². The maximum Gasteiger partial charge on any atom is 0.135 e. The molecule has 68 heavy (non-hydrogen) atoms. The van der Waals surface area contributed by atoms with Crippen LogP contribution in [-0.4, -0.2) is 9.55 Å². The summed E-state index contributed by atoms with van der Waals surface area (Å²) >= 11 is 0. The van der Waals surface area contributed by atoms with Crippen LogP contribution < -0.4 is 14.5 Å². The number of ether oxygens (including phenoxy) is 1. The van der Waals surface area contributed by atoms with Gasteiger partial charge in [-0.1, -0.05) is 186 Å². The molecule has 2 aromatic heterocycles. The van der Waals surface area contributed by atoms with Gasteiger partial charge in [-0.15, -0.1) is 48.3 Å². The molecule has 5 nitrogen and oxygen atoms in total. The molecule has 8 aromatic rings. The van der Waals surface area contributed by atoms with Crippen molar-refractivity contribution in [3.8, 4) is 17.3 Å². The fraction of sp³-hybridized carbons (Fsp3) is 0.290. The summed E-state index contributed by atoms with van der Waals surface area (Å²) in [5.41, 5.74) is 11.8. The van der Waals surface area contributed by atoms with Gasteiger partial charge in [0.05, 0.1) is 0 Å². The smallest absolute Gasteiger partial charge is 0.135 e. The number of hydrogen-bond donors (Lipinski definition) is 0. The van der Waals surface area contributed by atoms with Crippen molar-refractivity contribution in [3.05, 3.63) is 210 Å². The molecule has 0 saturated heterocycles. The van der Waals surface area contributed by atoms with Crippen molar-refractivity contribution >= 4 is 33.2 Å². The summed E-state index contributed by atoms with van der Waals surface area (Å²) in [7, 11) is 0. The molecule has 6 aromatic carbocycles. The van der Waals surface area contributed by atoms with E-state index in [4.69, 9.17) is 9.72 Å². The standard InChI is InChI=1S/C62H65N4O.Pt/c1-58(2,3)44-31-32-63-56(36-44)66-53-30-21-20-29-51(53)57-52(59(4,5)6)38-50(39-54(57)66)67-49-28-22-27-47(37-49)64-40-55(60(7,8)9)65(41-64)48-34-45(61(10,11)42-23-16-14-17-24-42)33-46(35-48)62(12,13)43-25-18-15-19-26-43;/h14-36,38,40-41H,1-13H3;/q-3;. The van der Waals surface area contributed by atoms with Crippen molar-refractivity contribution in [2.24, 2.45) is 5.41 Å². The molecule has 0 N–H and O–H groups in total. The molecule has 0 unspecified atom stereocenters. The van der Waals surface area contributed by atoms with Crippen LogP contribution in [-0.2, 0) is 42.7 Å². The number of para-hydroxylation sites is 1. The number of rotatable bonds is 9. The predicted molar refractivity (Wildman–Crippen MR) is 281 cm³/mol. The summed E-state index contributed by atoms with van der Waals surface area (Å²) in [4.78, 5) is 9.50. The van der Waals surface area contributed by atoms with E-state index in [2.05, 4.69) is 257 Å². The second kappa shape index (κ2) is 17.9. The summed E-state index contributed by atoms with van der Waals surface area (Å²) < 4.78 is 9.11. The molecule has 0 saturated carbocycles. The first-order chi connectivity index (χ1) is 31.6. The van der Waals surface area contributed by atoms with Crippen molar-refractivity contribution in [1.82, 2.24) is 9.55 Å². The Kier molecular flexibility index (Phi) is 12.8. The fourth-order valence-corrected chi connectivity index (χ4v) is 9.46. The molecule has 0 bridgehead atoms. The third-order valence-corrected chi connectivity index (χ3v) is 13.7. The normalized spacial score (nSPS) is 13.8. The SMILES string of the molecule is CC(C)(C)C1=CN(c2[c-]c(Oc3[c-]c4c(c(C(C)(C)C)c3)c3ccccc3n4-c3cc(C(C)(C)C)ccn3)ccc2)[CH-]N1c1cc(C(C)(C)c2ccccc2)cc(C(C)(C)c2ccccc2)c1.[Pt]. The molecule has 0 atom stereocenters. The van der Waals surface area contributed by atoms with Gasteiger partial charge in [0.25, 0.3) is 0 Å². The molecule has 0 fully saturated rings. The Bertz CT molecular complexity index is 3070. The van der Waals surface area contributed by atoms with Crippen LogP contribution in [0, 0.1) is 24.2 Å². The summed E-state index contributed by atoms with van der Waals surface area (Å²) in [6.45, 7) is 31.9. The molecule has 0 radical (unpaired) electrons. The first-order valence-corrected chi connectivity index (χ1v) is 23.7. The van der Waals surface area contributed by atoms with Crippen LogP contribution in [0.25, 0.3) is 27.6 Å². The number of hydrogen-bond acceptors (Lipinski definition) is 4. The summed E-state index contributed by atoms with van der Waals surface area (Å²) in [5, 5.41) is 2.33. The molecule has 1 aliphatic heterocycles. The molecular formula is C62H65N4OPt-3. The van der Waals surface area contributed by atoms with Gasteiger partial charge >= 0.3 is 0 Å². The molecular weight excluding hydrogens is 1010 g/mol. The molecule has 0 spiro atoms. The quantitative estimate of drug-likeness (QED) is 0.135. The Morgan fingerprint density at radius 1 is 0.529 bits per heavy atom. The number of pyridine rings is 1. The van der Waals surface area contributed by atoms with Crippen LogP contribution in [0.15, 0.2) is 158 Å². The zero-order chi connectivity index (χ0) is 47.7. The van der Waals surface area contributed by atoms with E-state index < -0.39 is 0 Å². The maximum absolute atomic E-state index is 6.86. The van der Waals surface area contributed by atoms with E-state index in [-0.39, 0.29) is 48.1 Å². The zero-order valence-corrected chi connectivity index (χ0v) is 44.3. The van der Waals surface area contributed by atoms with Gasteiger partial charge in [0.2, 0.25) is 0 Å². The Hall–Kier alpha value is -5.90. The Morgan fingerprint density at radius 2 is 1.13 bits per heavy atom. The van der Waals surface area contributed by atoms with Crippen molar-refractivity contribution in [1.29, 1.82) is 0 Å². The summed E-state index contributed by atoms with van der Waals surface area (Å²) in [6, 6.07) is 57.5. The first-order valence-electron chi connectivity index (χ1n) is 23.7. The van der Waals surface area contributed by atoms with Crippen LogP contribution in [0.4, 0.5) is 11.4 Å². The number of nitrogens with zero attached hydrogens (tertiary/aromatic N) is 4. The van der Waals surface area contributed by atoms with E-state index in [9.17, 15) is 0 Å². The Labute approximate surface area is 420 Å². The molecule has 1 aliphatic rings. The topological polar surface area (TPSA) is 33.5 Å². The largest absolute Gasteiger partial charge is 0.509 e. The maximum atomic E-state index is 6.86. The summed E-state index contributed by atoms with van der Waals surface area (Å²) in [6.07, 6.45) is 4.17. The van der Waals surface area contributed by atoms with Gasteiger partial charge in [-0.25, -0.2) is 4.98 Å². The van der Waals surface area contributed by atoms with E-state index in [0.717, 1.165) is 33.6 Å². The van der Waals surface area contributed by atoms with Gasteiger partial charge in [0.15, 0.2) is 0 Å². The number of anilines is 2. The minimum absolute atomic E-state index is 0. The molecule has 9 rings (SSSR count). The van der Waals surface area contributed by atoms with Gasteiger partial charge in [-0.05, 0) is 80.6 Å². The molecule has 3 heterocycles. The van der Waals surface area contributed by atoms with E-state index in [1.165, 1.54) is 44.5 Å². The van der Waals surface area contributed by atoms with Gasteiger partial charge in [0, 0.05) is 71.9 Å². The average Bonchev–Trinajstić information content (AvgIpc) is 3.90. The average molecular weight is 1080 g/mol. The molecule has 352 valence electrons. The van der Waals surface area contributed by atoms with Crippen LogP contribution in [0.3, 0.4) is 0 Å². The fourth-order valence-electron chi connectivity index (χ4n) is 9.46.